The van der Waals surface area contributed by atoms with Crippen LogP contribution in [0.1, 0.15) is 18.4 Å². The molecule has 1 aromatic heterocycles. The Hall–Kier alpha value is -1.06. The van der Waals surface area contributed by atoms with Gasteiger partial charge in [-0.05, 0) is 46.5 Å². The minimum atomic E-state index is 0.744. The van der Waals surface area contributed by atoms with Crippen molar-refractivity contribution in [1.82, 2.24) is 5.32 Å². The minimum absolute atomic E-state index is 0.744. The maximum absolute atomic E-state index is 5.48. The number of halogens is 1. The predicted octanol–water partition coefficient (Wildman–Crippen LogP) is 3.96. The normalized spacial score (nSPS) is 15.1. The first-order valence-corrected chi connectivity index (χ1v) is 6.68. The van der Waals surface area contributed by atoms with Crippen molar-refractivity contribution in [2.24, 2.45) is 0 Å². The van der Waals surface area contributed by atoms with Crippen molar-refractivity contribution in [2.75, 3.05) is 0 Å². The second-order valence-corrected chi connectivity index (χ2v) is 5.31. The van der Waals surface area contributed by atoms with E-state index in [9.17, 15) is 0 Å². The number of furan rings is 1. The molecular weight excluding hydrogens is 278 g/mol. The molecule has 0 radical (unpaired) electrons. The van der Waals surface area contributed by atoms with Crippen LogP contribution in [0.5, 0.6) is 0 Å². The molecule has 0 saturated heterocycles. The second-order valence-electron chi connectivity index (χ2n) is 4.45. The first kappa shape index (κ1) is 11.1. The van der Waals surface area contributed by atoms with E-state index in [0.29, 0.717) is 0 Å². The molecule has 0 unspecified atom stereocenters. The van der Waals surface area contributed by atoms with Crippen LogP contribution in [-0.2, 0) is 6.54 Å². The maximum Gasteiger partial charge on any atom is 0.148 e. The van der Waals surface area contributed by atoms with Crippen LogP contribution < -0.4 is 5.32 Å². The highest BCUT2D eigenvalue weighted by atomic mass is 79.9. The SMILES string of the molecule is Brc1ccoc1-c1cccc(CNC2CC2)c1. The molecule has 88 valence electrons. The fraction of sp³-hybridized carbons (Fsp3) is 0.286. The lowest BCUT2D eigenvalue weighted by Gasteiger charge is -2.05. The van der Waals surface area contributed by atoms with Gasteiger partial charge in [-0.1, -0.05) is 18.2 Å². The van der Waals surface area contributed by atoms with Gasteiger partial charge in [-0.25, -0.2) is 0 Å². The van der Waals surface area contributed by atoms with Gasteiger partial charge in [0.05, 0.1) is 10.7 Å². The van der Waals surface area contributed by atoms with Crippen molar-refractivity contribution in [1.29, 1.82) is 0 Å². The topological polar surface area (TPSA) is 25.2 Å². The molecule has 1 aliphatic rings. The molecule has 3 rings (SSSR count). The van der Waals surface area contributed by atoms with Crippen LogP contribution in [-0.4, -0.2) is 6.04 Å². The van der Waals surface area contributed by atoms with Crippen LogP contribution in [0.4, 0.5) is 0 Å². The lowest BCUT2D eigenvalue weighted by Crippen LogP contribution is -2.15. The maximum atomic E-state index is 5.48. The summed E-state index contributed by atoms with van der Waals surface area (Å²) in [5.41, 5.74) is 2.43. The van der Waals surface area contributed by atoms with Gasteiger partial charge in [0.1, 0.15) is 5.76 Å². The van der Waals surface area contributed by atoms with Crippen molar-refractivity contribution in [2.45, 2.75) is 25.4 Å². The van der Waals surface area contributed by atoms with Gasteiger partial charge < -0.3 is 9.73 Å². The molecule has 0 aliphatic heterocycles. The third kappa shape index (κ3) is 2.61. The van der Waals surface area contributed by atoms with Gasteiger partial charge in [0.2, 0.25) is 0 Å². The molecule has 0 amide bonds. The number of nitrogens with one attached hydrogen (secondary N) is 1. The van der Waals surface area contributed by atoms with Gasteiger partial charge in [-0.15, -0.1) is 0 Å². The Kier molecular flexibility index (Phi) is 3.04. The van der Waals surface area contributed by atoms with Crippen LogP contribution in [0.25, 0.3) is 11.3 Å². The summed E-state index contributed by atoms with van der Waals surface area (Å²) in [6.07, 6.45) is 4.35. The van der Waals surface area contributed by atoms with E-state index >= 15 is 0 Å². The zero-order valence-electron chi connectivity index (χ0n) is 9.45. The third-order valence-corrected chi connectivity index (χ3v) is 3.60. The number of hydrogen-bond acceptors (Lipinski definition) is 2. The first-order chi connectivity index (χ1) is 8.33. The van der Waals surface area contributed by atoms with Crippen LogP contribution in [0.2, 0.25) is 0 Å². The van der Waals surface area contributed by atoms with E-state index in [2.05, 4.69) is 45.5 Å². The molecule has 2 nitrogen and oxygen atoms in total. The molecule has 1 fully saturated rings. The van der Waals surface area contributed by atoms with Gasteiger partial charge in [0.15, 0.2) is 0 Å². The molecule has 2 aromatic rings. The van der Waals surface area contributed by atoms with E-state index in [1.165, 1.54) is 18.4 Å². The van der Waals surface area contributed by atoms with E-state index in [1.54, 1.807) is 6.26 Å². The summed E-state index contributed by atoms with van der Waals surface area (Å²) in [4.78, 5) is 0. The molecule has 3 heteroatoms. The van der Waals surface area contributed by atoms with Gasteiger partial charge in [0.25, 0.3) is 0 Å². The van der Waals surface area contributed by atoms with Crippen LogP contribution in [0.3, 0.4) is 0 Å². The minimum Gasteiger partial charge on any atom is -0.463 e. The summed E-state index contributed by atoms with van der Waals surface area (Å²) >= 11 is 3.49. The van der Waals surface area contributed by atoms with E-state index in [-0.39, 0.29) is 0 Å². The van der Waals surface area contributed by atoms with E-state index in [1.807, 2.05) is 6.07 Å². The molecule has 1 saturated carbocycles. The largest absolute Gasteiger partial charge is 0.463 e. The molecule has 1 aromatic carbocycles. The highest BCUT2D eigenvalue weighted by Crippen LogP contribution is 2.29. The Morgan fingerprint density at radius 3 is 2.88 bits per heavy atom. The summed E-state index contributed by atoms with van der Waals surface area (Å²) in [5, 5.41) is 3.52. The quantitative estimate of drug-likeness (QED) is 0.922. The summed E-state index contributed by atoms with van der Waals surface area (Å²) in [5.74, 6) is 0.901. The van der Waals surface area contributed by atoms with E-state index in [0.717, 1.165) is 28.4 Å². The summed E-state index contributed by atoms with van der Waals surface area (Å²) in [6.45, 7) is 0.941. The Balaban J connectivity index is 1.80. The summed E-state index contributed by atoms with van der Waals surface area (Å²) in [6, 6.07) is 11.1. The molecule has 0 atom stereocenters. The molecule has 0 spiro atoms. The first-order valence-electron chi connectivity index (χ1n) is 5.88. The second kappa shape index (κ2) is 4.67. The van der Waals surface area contributed by atoms with Gasteiger partial charge in [-0.3, -0.25) is 0 Å². The third-order valence-electron chi connectivity index (χ3n) is 2.98. The molecule has 1 heterocycles. The average molecular weight is 292 g/mol. The van der Waals surface area contributed by atoms with Gasteiger partial charge >= 0.3 is 0 Å². The van der Waals surface area contributed by atoms with E-state index in [4.69, 9.17) is 4.42 Å². The highest BCUT2D eigenvalue weighted by Gasteiger charge is 2.19. The van der Waals surface area contributed by atoms with Crippen molar-refractivity contribution >= 4 is 15.9 Å². The molecule has 1 aliphatic carbocycles. The predicted molar refractivity (Wildman–Crippen MR) is 71.7 cm³/mol. The van der Waals surface area contributed by atoms with E-state index < -0.39 is 0 Å². The van der Waals surface area contributed by atoms with Crippen LogP contribution in [0.15, 0.2) is 45.5 Å². The molecular formula is C14H14BrNO. The molecule has 1 N–H and O–H groups in total. The Labute approximate surface area is 109 Å². The number of hydrogen-bond donors (Lipinski definition) is 1. The fourth-order valence-electron chi connectivity index (χ4n) is 1.87. The Bertz CT molecular complexity index is 516. The number of benzene rings is 1. The van der Waals surface area contributed by atoms with Gasteiger partial charge in [0, 0.05) is 18.2 Å². The van der Waals surface area contributed by atoms with Crippen LogP contribution >= 0.6 is 15.9 Å². The van der Waals surface area contributed by atoms with Crippen molar-refractivity contribution < 1.29 is 4.42 Å². The lowest BCUT2D eigenvalue weighted by molar-refractivity contribution is 0.581. The highest BCUT2D eigenvalue weighted by molar-refractivity contribution is 9.10. The van der Waals surface area contributed by atoms with Crippen molar-refractivity contribution in [3.05, 3.63) is 46.6 Å². The fourth-order valence-corrected chi connectivity index (χ4v) is 2.30. The zero-order chi connectivity index (χ0) is 11.7. The zero-order valence-corrected chi connectivity index (χ0v) is 11.0. The van der Waals surface area contributed by atoms with Crippen molar-refractivity contribution in [3.63, 3.8) is 0 Å². The Morgan fingerprint density at radius 2 is 2.18 bits per heavy atom. The lowest BCUT2D eigenvalue weighted by atomic mass is 10.1. The summed E-state index contributed by atoms with van der Waals surface area (Å²) < 4.78 is 6.48. The standard InChI is InChI=1S/C14H14BrNO/c15-13-6-7-17-14(13)11-3-1-2-10(8-11)9-16-12-4-5-12/h1-3,6-8,12,16H,4-5,9H2. The molecule has 0 bridgehead atoms. The summed E-state index contributed by atoms with van der Waals surface area (Å²) in [7, 11) is 0. The van der Waals surface area contributed by atoms with Gasteiger partial charge in [-0.2, -0.15) is 0 Å². The monoisotopic (exact) mass is 291 g/mol. The Morgan fingerprint density at radius 1 is 1.29 bits per heavy atom. The smallest absolute Gasteiger partial charge is 0.148 e. The van der Waals surface area contributed by atoms with Crippen molar-refractivity contribution in [3.8, 4) is 11.3 Å². The average Bonchev–Trinajstić information content (AvgIpc) is 3.08. The number of rotatable bonds is 4. The van der Waals surface area contributed by atoms with Crippen LogP contribution in [0, 0.1) is 0 Å². The molecule has 17 heavy (non-hydrogen) atoms.